The molecule has 0 aliphatic heterocycles. The molecular formula is C13H12BrF3N2S. The van der Waals surface area contributed by atoms with Gasteiger partial charge in [-0.2, -0.15) is 24.5 Å². The van der Waals surface area contributed by atoms with Gasteiger partial charge in [0.15, 0.2) is 0 Å². The van der Waals surface area contributed by atoms with Crippen LogP contribution in [0.15, 0.2) is 39.5 Å². The van der Waals surface area contributed by atoms with Crippen molar-refractivity contribution in [1.82, 2.24) is 5.43 Å². The molecule has 2 aromatic rings. The predicted molar refractivity (Wildman–Crippen MR) is 77.2 cm³/mol. The highest BCUT2D eigenvalue weighted by Gasteiger charge is 2.35. The maximum atomic E-state index is 13.1. The first kappa shape index (κ1) is 15.5. The summed E-state index contributed by atoms with van der Waals surface area (Å²) in [6, 6.07) is 5.40. The van der Waals surface area contributed by atoms with Crippen molar-refractivity contribution in [3.63, 3.8) is 0 Å². The van der Waals surface area contributed by atoms with Crippen LogP contribution in [0.1, 0.15) is 22.7 Å². The minimum atomic E-state index is -4.41. The maximum Gasteiger partial charge on any atom is 0.416 e. The lowest BCUT2D eigenvalue weighted by atomic mass is 9.96. The molecular weight excluding hydrogens is 353 g/mol. The van der Waals surface area contributed by atoms with Gasteiger partial charge in [0.2, 0.25) is 0 Å². The number of nitrogens with one attached hydrogen (secondary N) is 1. The largest absolute Gasteiger partial charge is 0.416 e. The van der Waals surface area contributed by atoms with Crippen molar-refractivity contribution in [2.24, 2.45) is 5.84 Å². The van der Waals surface area contributed by atoms with Crippen molar-refractivity contribution in [1.29, 1.82) is 0 Å². The van der Waals surface area contributed by atoms with Gasteiger partial charge in [-0.1, -0.05) is 22.0 Å². The number of benzene rings is 1. The second kappa shape index (κ2) is 6.26. The van der Waals surface area contributed by atoms with E-state index in [1.807, 2.05) is 16.8 Å². The number of hydrazine groups is 1. The van der Waals surface area contributed by atoms with E-state index in [9.17, 15) is 13.2 Å². The Hall–Kier alpha value is -0.890. The molecule has 0 saturated heterocycles. The molecule has 0 fully saturated rings. The van der Waals surface area contributed by atoms with Gasteiger partial charge in [-0.25, -0.2) is 0 Å². The summed E-state index contributed by atoms with van der Waals surface area (Å²) in [5.74, 6) is 5.45. The first-order valence-corrected chi connectivity index (χ1v) is 7.49. The highest BCUT2D eigenvalue weighted by molar-refractivity contribution is 9.10. The average Bonchev–Trinajstić information content (AvgIpc) is 2.88. The highest BCUT2D eigenvalue weighted by Crippen LogP contribution is 2.37. The summed E-state index contributed by atoms with van der Waals surface area (Å²) in [5.41, 5.74) is 2.90. The normalized spacial score (nSPS) is 13.4. The minimum absolute atomic E-state index is 0.148. The SMILES string of the molecule is NNC(Cc1ccsc1)c1ccc(Br)cc1C(F)(F)F. The Morgan fingerprint density at radius 1 is 1.30 bits per heavy atom. The van der Waals surface area contributed by atoms with Crippen LogP contribution >= 0.6 is 27.3 Å². The van der Waals surface area contributed by atoms with Crippen molar-refractivity contribution < 1.29 is 13.2 Å². The number of rotatable bonds is 4. The Balaban J connectivity index is 2.38. The van der Waals surface area contributed by atoms with Crippen LogP contribution in [-0.2, 0) is 12.6 Å². The molecule has 0 radical (unpaired) electrons. The van der Waals surface area contributed by atoms with E-state index < -0.39 is 17.8 Å². The van der Waals surface area contributed by atoms with E-state index in [1.165, 1.54) is 17.4 Å². The molecule has 0 saturated carbocycles. The molecule has 0 amide bonds. The van der Waals surface area contributed by atoms with E-state index in [4.69, 9.17) is 5.84 Å². The summed E-state index contributed by atoms with van der Waals surface area (Å²) in [6.45, 7) is 0. The third-order valence-corrected chi connectivity index (χ3v) is 4.14. The van der Waals surface area contributed by atoms with Crippen LogP contribution in [0.2, 0.25) is 0 Å². The maximum absolute atomic E-state index is 13.1. The monoisotopic (exact) mass is 364 g/mol. The zero-order chi connectivity index (χ0) is 14.8. The third-order valence-electron chi connectivity index (χ3n) is 2.92. The lowest BCUT2D eigenvalue weighted by molar-refractivity contribution is -0.138. The second-order valence-corrected chi connectivity index (χ2v) is 5.98. The van der Waals surface area contributed by atoms with Gasteiger partial charge in [0.05, 0.1) is 11.6 Å². The quantitative estimate of drug-likeness (QED) is 0.627. The molecule has 7 heteroatoms. The second-order valence-electron chi connectivity index (χ2n) is 4.28. The molecule has 108 valence electrons. The van der Waals surface area contributed by atoms with Gasteiger partial charge in [0.1, 0.15) is 0 Å². The van der Waals surface area contributed by atoms with Crippen LogP contribution in [0.25, 0.3) is 0 Å². The molecule has 0 spiro atoms. The predicted octanol–water partition coefficient (Wildman–Crippen LogP) is 4.28. The number of nitrogens with two attached hydrogens (primary N) is 1. The fourth-order valence-electron chi connectivity index (χ4n) is 1.98. The molecule has 1 unspecified atom stereocenters. The van der Waals surface area contributed by atoms with Gasteiger partial charge >= 0.3 is 6.18 Å². The Labute approximate surface area is 126 Å². The number of thiophene rings is 1. The Bertz CT molecular complexity index is 569. The van der Waals surface area contributed by atoms with Crippen LogP contribution in [-0.4, -0.2) is 0 Å². The minimum Gasteiger partial charge on any atom is -0.271 e. The highest BCUT2D eigenvalue weighted by atomic mass is 79.9. The standard InChI is InChI=1S/C13H12BrF3N2S/c14-9-1-2-10(11(6-9)13(15,16)17)12(19-18)5-8-3-4-20-7-8/h1-4,6-7,12,19H,5,18H2. The Kier molecular flexibility index (Phi) is 4.85. The van der Waals surface area contributed by atoms with Crippen LogP contribution in [0.4, 0.5) is 13.2 Å². The summed E-state index contributed by atoms with van der Waals surface area (Å²) in [6.07, 6.45) is -4.01. The molecule has 0 bridgehead atoms. The van der Waals surface area contributed by atoms with Crippen LogP contribution in [0, 0.1) is 0 Å². The average molecular weight is 365 g/mol. The van der Waals surface area contributed by atoms with E-state index in [1.54, 1.807) is 6.07 Å². The number of hydrogen-bond acceptors (Lipinski definition) is 3. The first-order valence-electron chi connectivity index (χ1n) is 5.75. The first-order chi connectivity index (χ1) is 9.41. The Morgan fingerprint density at radius 2 is 2.05 bits per heavy atom. The zero-order valence-electron chi connectivity index (χ0n) is 10.2. The Morgan fingerprint density at radius 3 is 2.60 bits per heavy atom. The van der Waals surface area contributed by atoms with Crippen molar-refractivity contribution >= 4 is 27.3 Å². The molecule has 0 aliphatic rings. The van der Waals surface area contributed by atoms with Crippen molar-refractivity contribution in [3.05, 3.63) is 56.2 Å². The number of hydrogen-bond donors (Lipinski definition) is 2. The van der Waals surface area contributed by atoms with Crippen LogP contribution < -0.4 is 11.3 Å². The molecule has 1 heterocycles. The number of halogens is 4. The van der Waals surface area contributed by atoms with Gasteiger partial charge < -0.3 is 0 Å². The fourth-order valence-corrected chi connectivity index (χ4v) is 3.02. The fraction of sp³-hybridized carbons (Fsp3) is 0.231. The lowest BCUT2D eigenvalue weighted by Crippen LogP contribution is -2.31. The van der Waals surface area contributed by atoms with Gasteiger partial charge in [0, 0.05) is 4.47 Å². The van der Waals surface area contributed by atoms with Gasteiger partial charge in [-0.3, -0.25) is 11.3 Å². The molecule has 2 rings (SSSR count). The summed E-state index contributed by atoms with van der Waals surface area (Å²) < 4.78 is 39.7. The van der Waals surface area contributed by atoms with E-state index in [2.05, 4.69) is 21.4 Å². The molecule has 20 heavy (non-hydrogen) atoms. The van der Waals surface area contributed by atoms with E-state index >= 15 is 0 Å². The summed E-state index contributed by atoms with van der Waals surface area (Å²) >= 11 is 4.57. The van der Waals surface area contributed by atoms with E-state index in [-0.39, 0.29) is 5.56 Å². The van der Waals surface area contributed by atoms with Crippen molar-refractivity contribution in [3.8, 4) is 0 Å². The van der Waals surface area contributed by atoms with Gasteiger partial charge in [0.25, 0.3) is 0 Å². The molecule has 1 aromatic carbocycles. The van der Waals surface area contributed by atoms with Crippen LogP contribution in [0.5, 0.6) is 0 Å². The molecule has 3 N–H and O–H groups in total. The summed E-state index contributed by atoms with van der Waals surface area (Å²) in [5, 5.41) is 3.78. The van der Waals surface area contributed by atoms with Crippen LogP contribution in [0.3, 0.4) is 0 Å². The molecule has 0 aliphatic carbocycles. The smallest absolute Gasteiger partial charge is 0.271 e. The molecule has 1 atom stereocenters. The van der Waals surface area contributed by atoms with Crippen molar-refractivity contribution in [2.75, 3.05) is 0 Å². The zero-order valence-corrected chi connectivity index (χ0v) is 12.6. The third kappa shape index (κ3) is 3.60. The molecule has 1 aromatic heterocycles. The topological polar surface area (TPSA) is 38.0 Å². The van der Waals surface area contributed by atoms with E-state index in [0.717, 1.165) is 11.6 Å². The van der Waals surface area contributed by atoms with Crippen molar-refractivity contribution in [2.45, 2.75) is 18.6 Å². The summed E-state index contributed by atoms with van der Waals surface area (Å²) in [7, 11) is 0. The lowest BCUT2D eigenvalue weighted by Gasteiger charge is -2.21. The summed E-state index contributed by atoms with van der Waals surface area (Å²) in [4.78, 5) is 0. The van der Waals surface area contributed by atoms with Gasteiger partial charge in [-0.05, 0) is 46.5 Å². The molecule has 2 nitrogen and oxygen atoms in total. The number of alkyl halides is 3. The van der Waals surface area contributed by atoms with Gasteiger partial charge in [-0.15, -0.1) is 0 Å². The van der Waals surface area contributed by atoms with E-state index in [0.29, 0.717) is 10.9 Å².